The largest absolute Gasteiger partial charge is 0.424 e. The van der Waals surface area contributed by atoms with Crippen LogP contribution < -0.4 is 4.52 Å². The first-order valence-corrected chi connectivity index (χ1v) is 11.6. The highest BCUT2D eigenvalue weighted by Crippen LogP contribution is 2.51. The third kappa shape index (κ3) is 9.28. The van der Waals surface area contributed by atoms with E-state index in [0.717, 1.165) is 12.2 Å². The monoisotopic (exact) mass is 389 g/mol. The summed E-state index contributed by atoms with van der Waals surface area (Å²) in [6.45, 7) is 4.26. The van der Waals surface area contributed by atoms with E-state index in [1.807, 2.05) is 0 Å². The van der Waals surface area contributed by atoms with Gasteiger partial charge in [0.2, 0.25) is 0 Å². The fourth-order valence-corrected chi connectivity index (χ4v) is 5.45. The highest BCUT2D eigenvalue weighted by atomic mass is 32.2. The van der Waals surface area contributed by atoms with E-state index in [9.17, 15) is 14.7 Å². The van der Waals surface area contributed by atoms with Gasteiger partial charge >= 0.3 is 7.60 Å². The Morgan fingerprint density at radius 3 is 2.32 bits per heavy atom. The lowest BCUT2D eigenvalue weighted by molar-refractivity contribution is -0.384. The number of benzene rings is 1. The summed E-state index contributed by atoms with van der Waals surface area (Å²) in [6, 6.07) is 5.55. The molecule has 0 amide bonds. The van der Waals surface area contributed by atoms with Crippen molar-refractivity contribution in [1.82, 2.24) is 0 Å². The number of non-ortho nitro benzene ring substituents is 1. The molecule has 1 aromatic carbocycles. The molecule has 0 spiro atoms. The molecule has 0 radical (unpaired) electrons. The Morgan fingerprint density at radius 2 is 1.72 bits per heavy atom. The van der Waals surface area contributed by atoms with Gasteiger partial charge in [0, 0.05) is 12.1 Å². The van der Waals surface area contributed by atoms with Crippen molar-refractivity contribution in [1.29, 1.82) is 0 Å². The van der Waals surface area contributed by atoms with Gasteiger partial charge in [-0.15, -0.1) is 11.8 Å². The van der Waals surface area contributed by atoms with Crippen LogP contribution in [0.1, 0.15) is 52.4 Å². The molecule has 0 aliphatic rings. The number of hydrogen-bond donors (Lipinski definition) is 0. The minimum absolute atomic E-state index is 0.0314. The molecule has 0 bridgehead atoms. The molecule has 1 atom stereocenters. The predicted molar refractivity (Wildman–Crippen MR) is 104 cm³/mol. The molecular formula is C17H28NO5PS. The van der Waals surface area contributed by atoms with Crippen LogP contribution in [0.5, 0.6) is 5.75 Å². The van der Waals surface area contributed by atoms with Crippen molar-refractivity contribution < 1.29 is 18.5 Å². The van der Waals surface area contributed by atoms with Crippen LogP contribution in [0.25, 0.3) is 0 Å². The molecule has 1 rings (SSSR count). The van der Waals surface area contributed by atoms with Gasteiger partial charge in [-0.25, -0.2) is 4.57 Å². The summed E-state index contributed by atoms with van der Waals surface area (Å²) < 4.78 is 23.7. The van der Waals surface area contributed by atoms with E-state index in [1.165, 1.54) is 56.4 Å². The smallest absolute Gasteiger partial charge is 0.389 e. The summed E-state index contributed by atoms with van der Waals surface area (Å²) in [6.07, 6.45) is 7.34. The number of unbranched alkanes of at least 4 members (excludes halogenated alkanes) is 5. The fraction of sp³-hybridized carbons (Fsp3) is 0.647. The van der Waals surface area contributed by atoms with Gasteiger partial charge in [-0.3, -0.25) is 14.6 Å². The van der Waals surface area contributed by atoms with Crippen LogP contribution in [0, 0.1) is 10.1 Å². The molecule has 1 aromatic rings. The van der Waals surface area contributed by atoms with Crippen LogP contribution in [0.3, 0.4) is 0 Å². The number of thioether (sulfide) groups is 1. The summed E-state index contributed by atoms with van der Waals surface area (Å²) in [7, 11) is -3.25. The zero-order chi connectivity index (χ0) is 18.5. The van der Waals surface area contributed by atoms with Gasteiger partial charge in [-0.2, -0.15) is 0 Å². The van der Waals surface area contributed by atoms with E-state index in [0.29, 0.717) is 12.4 Å². The van der Waals surface area contributed by atoms with Gasteiger partial charge in [-0.1, -0.05) is 39.0 Å². The van der Waals surface area contributed by atoms with Crippen molar-refractivity contribution in [3.05, 3.63) is 34.4 Å². The summed E-state index contributed by atoms with van der Waals surface area (Å²) in [4.78, 5) is 10.2. The number of nitro benzene ring substituents is 1. The molecule has 142 valence electrons. The van der Waals surface area contributed by atoms with Gasteiger partial charge in [-0.05, 0) is 31.2 Å². The van der Waals surface area contributed by atoms with Gasteiger partial charge in [0.1, 0.15) is 11.2 Å². The van der Waals surface area contributed by atoms with Crippen LogP contribution in [0.4, 0.5) is 5.69 Å². The van der Waals surface area contributed by atoms with E-state index in [1.54, 1.807) is 18.7 Å². The highest BCUT2D eigenvalue weighted by molar-refractivity contribution is 8.04. The summed E-state index contributed by atoms with van der Waals surface area (Å²) in [5.74, 6) is 1.25. The third-order valence-electron chi connectivity index (χ3n) is 3.51. The second-order valence-corrected chi connectivity index (χ2v) is 9.19. The van der Waals surface area contributed by atoms with E-state index < -0.39 is 12.5 Å². The molecule has 0 heterocycles. The molecule has 1 unspecified atom stereocenters. The first kappa shape index (κ1) is 22.0. The lowest BCUT2D eigenvalue weighted by atomic mass is 10.1. The van der Waals surface area contributed by atoms with Gasteiger partial charge < -0.3 is 4.52 Å². The molecule has 25 heavy (non-hydrogen) atoms. The van der Waals surface area contributed by atoms with Crippen molar-refractivity contribution in [2.45, 2.75) is 52.4 Å². The Hall–Kier alpha value is -1.04. The van der Waals surface area contributed by atoms with Crippen LogP contribution in [-0.2, 0) is 9.09 Å². The molecule has 0 fully saturated rings. The van der Waals surface area contributed by atoms with Crippen molar-refractivity contribution in [2.75, 3.05) is 17.9 Å². The number of hydrogen-bond acceptors (Lipinski definition) is 6. The minimum Gasteiger partial charge on any atom is -0.424 e. The average molecular weight is 389 g/mol. The minimum atomic E-state index is -3.25. The van der Waals surface area contributed by atoms with Crippen LogP contribution in [0.15, 0.2) is 24.3 Å². The molecule has 0 aliphatic carbocycles. The molecule has 0 N–H and O–H groups in total. The number of nitro groups is 1. The van der Waals surface area contributed by atoms with Crippen molar-refractivity contribution in [2.24, 2.45) is 0 Å². The predicted octanol–water partition coefficient (Wildman–Crippen LogP) is 6.25. The molecule has 8 heteroatoms. The Labute approximate surface area is 154 Å². The van der Waals surface area contributed by atoms with Crippen LogP contribution in [-0.4, -0.2) is 22.8 Å². The summed E-state index contributed by atoms with van der Waals surface area (Å²) in [5, 5.41) is 10.7. The Kier molecular flexibility index (Phi) is 10.9. The molecule has 0 aromatic heterocycles. The second kappa shape index (κ2) is 12.3. The fourth-order valence-electron chi connectivity index (χ4n) is 2.24. The standard InChI is InChI=1S/C17H28NO5PS/c1-3-5-6-7-8-9-14-25-15-24(21,22-4-2)23-17-12-10-16(11-13-17)18(19)20/h10-13H,3-9,14-15H2,1-2H3. The Morgan fingerprint density at radius 1 is 1.08 bits per heavy atom. The maximum Gasteiger partial charge on any atom is 0.389 e. The van der Waals surface area contributed by atoms with E-state index in [2.05, 4.69) is 6.92 Å². The van der Waals surface area contributed by atoms with Crippen molar-refractivity contribution in [3.8, 4) is 5.75 Å². The summed E-state index contributed by atoms with van der Waals surface area (Å²) in [5.41, 5.74) is 0.253. The first-order chi connectivity index (χ1) is 12.0. The quantitative estimate of drug-likeness (QED) is 0.162. The maximum atomic E-state index is 12.8. The third-order valence-corrected chi connectivity index (χ3v) is 7.22. The molecule has 6 nitrogen and oxygen atoms in total. The first-order valence-electron chi connectivity index (χ1n) is 8.76. The van der Waals surface area contributed by atoms with Gasteiger partial charge in [0.15, 0.2) is 0 Å². The SMILES string of the molecule is CCCCCCCCSCP(=O)(OCC)Oc1ccc([N+](=O)[O-])cc1. The second-order valence-electron chi connectivity index (χ2n) is 5.68. The number of rotatable bonds is 14. The van der Waals surface area contributed by atoms with E-state index in [4.69, 9.17) is 9.05 Å². The topological polar surface area (TPSA) is 78.7 Å². The van der Waals surface area contributed by atoms with Gasteiger partial charge in [0.05, 0.1) is 11.5 Å². The van der Waals surface area contributed by atoms with Gasteiger partial charge in [0.25, 0.3) is 5.69 Å². The molecule has 0 aliphatic heterocycles. The molecule has 0 saturated heterocycles. The number of nitrogens with zero attached hydrogens (tertiary/aromatic N) is 1. The summed E-state index contributed by atoms with van der Waals surface area (Å²) >= 11 is 1.57. The van der Waals surface area contributed by atoms with E-state index in [-0.39, 0.29) is 11.2 Å². The Bertz CT molecular complexity index is 552. The van der Waals surface area contributed by atoms with E-state index >= 15 is 0 Å². The van der Waals surface area contributed by atoms with Crippen LogP contribution in [0.2, 0.25) is 0 Å². The Balaban J connectivity index is 2.42. The van der Waals surface area contributed by atoms with Crippen molar-refractivity contribution in [3.63, 3.8) is 0 Å². The lowest BCUT2D eigenvalue weighted by Gasteiger charge is -2.18. The van der Waals surface area contributed by atoms with Crippen molar-refractivity contribution >= 4 is 25.0 Å². The normalized spacial score (nSPS) is 13.4. The molecule has 0 saturated carbocycles. The maximum absolute atomic E-state index is 12.8. The van der Waals surface area contributed by atoms with Crippen LogP contribution >= 0.6 is 19.4 Å². The highest BCUT2D eigenvalue weighted by Gasteiger charge is 2.26. The molecular weight excluding hydrogens is 361 g/mol. The lowest BCUT2D eigenvalue weighted by Crippen LogP contribution is -2.01. The average Bonchev–Trinajstić information content (AvgIpc) is 2.58. The zero-order valence-electron chi connectivity index (χ0n) is 15.0. The zero-order valence-corrected chi connectivity index (χ0v) is 16.7.